The van der Waals surface area contributed by atoms with Crippen LogP contribution in [0.15, 0.2) is 30.6 Å². The average molecular weight is 285 g/mol. The molecule has 18 heavy (non-hydrogen) atoms. The first-order chi connectivity index (χ1) is 8.56. The lowest BCUT2D eigenvalue weighted by molar-refractivity contribution is 0.0694. The molecule has 1 aromatic heterocycles. The number of halogens is 2. The molecule has 0 atom stereocenters. The standard InChI is InChI=1S/C11H6Cl2N2O3/c12-6-1-2-7(11(16)17)8(3-6)18-10-5-14-4-9(13)15-10/h1-5H,(H,16,17). The summed E-state index contributed by atoms with van der Waals surface area (Å²) in [6.45, 7) is 0. The Bertz CT molecular complexity index is 605. The van der Waals surface area contributed by atoms with Crippen LogP contribution in [0, 0.1) is 0 Å². The fraction of sp³-hybridized carbons (Fsp3) is 0. The van der Waals surface area contributed by atoms with Crippen molar-refractivity contribution in [2.75, 3.05) is 0 Å². The first kappa shape index (κ1) is 12.6. The van der Waals surface area contributed by atoms with Crippen LogP contribution in [0.25, 0.3) is 0 Å². The molecule has 0 aliphatic carbocycles. The highest BCUT2D eigenvalue weighted by Crippen LogP contribution is 2.27. The molecule has 1 aromatic carbocycles. The molecule has 0 unspecified atom stereocenters. The Labute approximate surface area is 112 Å². The normalized spacial score (nSPS) is 10.1. The fourth-order valence-electron chi connectivity index (χ4n) is 1.24. The lowest BCUT2D eigenvalue weighted by Gasteiger charge is -2.07. The van der Waals surface area contributed by atoms with Gasteiger partial charge in [-0.05, 0) is 12.1 Å². The van der Waals surface area contributed by atoms with Gasteiger partial charge < -0.3 is 9.84 Å². The van der Waals surface area contributed by atoms with Gasteiger partial charge in [0.15, 0.2) is 5.15 Å². The zero-order valence-electron chi connectivity index (χ0n) is 8.80. The summed E-state index contributed by atoms with van der Waals surface area (Å²) in [6.07, 6.45) is 2.66. The van der Waals surface area contributed by atoms with E-state index in [1.165, 1.54) is 30.6 Å². The molecule has 0 radical (unpaired) electrons. The van der Waals surface area contributed by atoms with Gasteiger partial charge >= 0.3 is 5.97 Å². The van der Waals surface area contributed by atoms with Crippen LogP contribution in [0.4, 0.5) is 0 Å². The molecule has 2 rings (SSSR count). The quantitative estimate of drug-likeness (QED) is 0.936. The molecular weight excluding hydrogens is 279 g/mol. The summed E-state index contributed by atoms with van der Waals surface area (Å²) in [4.78, 5) is 18.6. The lowest BCUT2D eigenvalue weighted by atomic mass is 10.2. The van der Waals surface area contributed by atoms with Gasteiger partial charge in [0, 0.05) is 11.1 Å². The van der Waals surface area contributed by atoms with Gasteiger partial charge in [0.1, 0.15) is 11.3 Å². The van der Waals surface area contributed by atoms with Gasteiger partial charge in [-0.1, -0.05) is 23.2 Å². The summed E-state index contributed by atoms with van der Waals surface area (Å²) in [5.74, 6) is -0.963. The summed E-state index contributed by atoms with van der Waals surface area (Å²) in [5, 5.41) is 9.50. The third-order valence-corrected chi connectivity index (χ3v) is 2.39. The average Bonchev–Trinajstić information content (AvgIpc) is 2.28. The first-order valence-electron chi connectivity index (χ1n) is 4.74. The molecule has 0 fully saturated rings. The first-order valence-corrected chi connectivity index (χ1v) is 5.50. The van der Waals surface area contributed by atoms with E-state index in [0.29, 0.717) is 5.02 Å². The minimum atomic E-state index is -1.13. The van der Waals surface area contributed by atoms with E-state index in [2.05, 4.69) is 9.97 Å². The van der Waals surface area contributed by atoms with Crippen LogP contribution < -0.4 is 4.74 Å². The van der Waals surface area contributed by atoms with Crippen LogP contribution in [0.3, 0.4) is 0 Å². The minimum absolute atomic E-state index is 0.0267. The van der Waals surface area contributed by atoms with Crippen molar-refractivity contribution in [2.45, 2.75) is 0 Å². The minimum Gasteiger partial charge on any atom is -0.478 e. The number of carboxylic acid groups (broad SMARTS) is 1. The molecule has 92 valence electrons. The summed E-state index contributed by atoms with van der Waals surface area (Å²) in [7, 11) is 0. The van der Waals surface area contributed by atoms with E-state index in [4.69, 9.17) is 33.0 Å². The van der Waals surface area contributed by atoms with Crippen molar-refractivity contribution in [3.63, 3.8) is 0 Å². The number of benzene rings is 1. The Hall–Kier alpha value is -1.85. The van der Waals surface area contributed by atoms with Crippen LogP contribution in [0.2, 0.25) is 10.2 Å². The van der Waals surface area contributed by atoms with Gasteiger partial charge in [-0.2, -0.15) is 4.98 Å². The Morgan fingerprint density at radius 2 is 2.06 bits per heavy atom. The highest BCUT2D eigenvalue weighted by Gasteiger charge is 2.13. The van der Waals surface area contributed by atoms with E-state index in [1.54, 1.807) is 0 Å². The third-order valence-electron chi connectivity index (χ3n) is 1.97. The molecule has 0 aliphatic heterocycles. The van der Waals surface area contributed by atoms with Crippen molar-refractivity contribution in [1.29, 1.82) is 0 Å². The van der Waals surface area contributed by atoms with Crippen molar-refractivity contribution >= 4 is 29.2 Å². The van der Waals surface area contributed by atoms with Crippen LogP contribution in [0.1, 0.15) is 10.4 Å². The molecule has 0 bridgehead atoms. The monoisotopic (exact) mass is 284 g/mol. The number of nitrogens with zero attached hydrogens (tertiary/aromatic N) is 2. The van der Waals surface area contributed by atoms with Crippen LogP contribution >= 0.6 is 23.2 Å². The van der Waals surface area contributed by atoms with E-state index in [0.717, 1.165) is 0 Å². The Balaban J connectivity index is 2.39. The second kappa shape index (κ2) is 5.20. The van der Waals surface area contributed by atoms with Gasteiger partial charge in [-0.15, -0.1) is 0 Å². The van der Waals surface area contributed by atoms with E-state index in [-0.39, 0.29) is 22.3 Å². The van der Waals surface area contributed by atoms with Crippen molar-refractivity contribution in [2.24, 2.45) is 0 Å². The zero-order valence-corrected chi connectivity index (χ0v) is 10.3. The number of hydrogen-bond donors (Lipinski definition) is 1. The Morgan fingerprint density at radius 3 is 2.72 bits per heavy atom. The van der Waals surface area contributed by atoms with Gasteiger partial charge in [0.2, 0.25) is 5.88 Å². The zero-order chi connectivity index (χ0) is 13.1. The number of rotatable bonds is 3. The third kappa shape index (κ3) is 2.88. The second-order valence-electron chi connectivity index (χ2n) is 3.23. The molecule has 0 saturated carbocycles. The topological polar surface area (TPSA) is 72.3 Å². The highest BCUT2D eigenvalue weighted by molar-refractivity contribution is 6.30. The van der Waals surface area contributed by atoms with Crippen molar-refractivity contribution in [3.8, 4) is 11.6 Å². The molecule has 0 amide bonds. The maximum absolute atomic E-state index is 11.0. The summed E-state index contributed by atoms with van der Waals surface area (Å²) >= 11 is 11.4. The second-order valence-corrected chi connectivity index (χ2v) is 4.05. The number of carbonyl (C=O) groups is 1. The fourth-order valence-corrected chi connectivity index (χ4v) is 1.55. The molecule has 2 aromatic rings. The molecule has 0 saturated heterocycles. The smallest absolute Gasteiger partial charge is 0.339 e. The van der Waals surface area contributed by atoms with Crippen molar-refractivity contribution < 1.29 is 14.6 Å². The maximum Gasteiger partial charge on any atom is 0.339 e. The van der Waals surface area contributed by atoms with Crippen LogP contribution in [0.5, 0.6) is 11.6 Å². The number of carboxylic acids is 1. The van der Waals surface area contributed by atoms with Crippen molar-refractivity contribution in [3.05, 3.63) is 46.3 Å². The van der Waals surface area contributed by atoms with Crippen LogP contribution in [-0.4, -0.2) is 21.0 Å². The maximum atomic E-state index is 11.0. The predicted molar refractivity (Wildman–Crippen MR) is 65.5 cm³/mol. The molecular formula is C11H6Cl2N2O3. The molecule has 1 heterocycles. The number of hydrogen-bond acceptors (Lipinski definition) is 4. The summed E-state index contributed by atoms with van der Waals surface area (Å²) in [5.41, 5.74) is -0.0267. The van der Waals surface area contributed by atoms with Gasteiger partial charge in [0.25, 0.3) is 0 Å². The number of ether oxygens (including phenoxy) is 1. The number of aromatic carboxylic acids is 1. The van der Waals surface area contributed by atoms with Gasteiger partial charge in [-0.3, -0.25) is 4.98 Å². The number of aromatic nitrogens is 2. The van der Waals surface area contributed by atoms with Gasteiger partial charge in [-0.25, -0.2) is 4.79 Å². The van der Waals surface area contributed by atoms with Crippen LogP contribution in [-0.2, 0) is 0 Å². The lowest BCUT2D eigenvalue weighted by Crippen LogP contribution is -2.00. The van der Waals surface area contributed by atoms with E-state index in [9.17, 15) is 4.79 Å². The van der Waals surface area contributed by atoms with Crippen molar-refractivity contribution in [1.82, 2.24) is 9.97 Å². The molecule has 5 nitrogen and oxygen atoms in total. The molecule has 0 aliphatic rings. The summed E-state index contributed by atoms with van der Waals surface area (Å²) < 4.78 is 5.31. The SMILES string of the molecule is O=C(O)c1ccc(Cl)cc1Oc1cncc(Cl)n1. The van der Waals surface area contributed by atoms with E-state index in [1.807, 2.05) is 0 Å². The largest absolute Gasteiger partial charge is 0.478 e. The van der Waals surface area contributed by atoms with E-state index < -0.39 is 5.97 Å². The van der Waals surface area contributed by atoms with E-state index >= 15 is 0 Å². The molecule has 0 spiro atoms. The Morgan fingerprint density at radius 1 is 1.28 bits per heavy atom. The highest BCUT2D eigenvalue weighted by atomic mass is 35.5. The molecule has 7 heteroatoms. The molecule has 1 N–H and O–H groups in total. The predicted octanol–water partition coefficient (Wildman–Crippen LogP) is 3.27. The summed E-state index contributed by atoms with van der Waals surface area (Å²) in [6, 6.07) is 4.19. The Kier molecular flexibility index (Phi) is 3.64. The van der Waals surface area contributed by atoms with Gasteiger partial charge in [0.05, 0.1) is 12.4 Å².